The molecule has 2 atom stereocenters. The lowest BCUT2D eigenvalue weighted by Crippen LogP contribution is -2.50. The maximum absolute atomic E-state index is 11.4. The predicted molar refractivity (Wildman–Crippen MR) is 81.1 cm³/mol. The molecule has 0 aliphatic carbocycles. The van der Waals surface area contributed by atoms with Crippen LogP contribution < -0.4 is 10.2 Å². The Kier molecular flexibility index (Phi) is 4.88. The second-order valence-electron chi connectivity index (χ2n) is 5.58. The number of hydrogen-bond donors (Lipinski definition) is 1. The smallest absolute Gasteiger partial charge is 0.407 e. The minimum absolute atomic E-state index is 0.155. The Morgan fingerprint density at radius 2 is 2.05 bits per heavy atom. The molecule has 1 saturated heterocycles. The van der Waals surface area contributed by atoms with Gasteiger partial charge in [0.2, 0.25) is 0 Å². The van der Waals surface area contributed by atoms with E-state index in [1.54, 1.807) is 0 Å². The Balaban J connectivity index is 2.08. The molecule has 2 unspecified atom stereocenters. The molecule has 1 N–H and O–H groups in total. The van der Waals surface area contributed by atoms with Crippen molar-refractivity contribution in [1.82, 2.24) is 5.32 Å². The Hall–Kier alpha value is -1.71. The fraction of sp³-hybridized carbons (Fsp3) is 0.562. The van der Waals surface area contributed by atoms with Gasteiger partial charge in [-0.1, -0.05) is 31.0 Å². The quantitative estimate of drug-likeness (QED) is 0.923. The molecular formula is C16H24N2O2. The van der Waals surface area contributed by atoms with E-state index in [-0.39, 0.29) is 12.1 Å². The van der Waals surface area contributed by atoms with Gasteiger partial charge in [0, 0.05) is 24.8 Å². The number of carbonyl (C=O) groups excluding carboxylic acids is 1. The third kappa shape index (κ3) is 3.65. The molecule has 0 bridgehead atoms. The lowest BCUT2D eigenvalue weighted by atomic mass is 9.91. The molecule has 2 rings (SSSR count). The fourth-order valence-electron chi connectivity index (χ4n) is 2.80. The lowest BCUT2D eigenvalue weighted by Gasteiger charge is -2.39. The summed E-state index contributed by atoms with van der Waals surface area (Å²) in [4.78, 5) is 13.8. The van der Waals surface area contributed by atoms with Crippen LogP contribution in [0, 0.1) is 12.8 Å². The number of methoxy groups -OCH3 is 1. The van der Waals surface area contributed by atoms with Gasteiger partial charge in [0.1, 0.15) is 0 Å². The molecule has 20 heavy (non-hydrogen) atoms. The highest BCUT2D eigenvalue weighted by atomic mass is 16.5. The van der Waals surface area contributed by atoms with Crippen molar-refractivity contribution >= 4 is 11.8 Å². The number of amides is 1. The zero-order chi connectivity index (χ0) is 14.5. The van der Waals surface area contributed by atoms with E-state index in [1.807, 2.05) is 0 Å². The Morgan fingerprint density at radius 1 is 1.35 bits per heavy atom. The Morgan fingerprint density at radius 3 is 2.65 bits per heavy atom. The molecular weight excluding hydrogens is 252 g/mol. The fourth-order valence-corrected chi connectivity index (χ4v) is 2.80. The summed E-state index contributed by atoms with van der Waals surface area (Å²) in [5, 5.41) is 2.94. The summed E-state index contributed by atoms with van der Waals surface area (Å²) in [5.74, 6) is 0.604. The average Bonchev–Trinajstić information content (AvgIpc) is 2.47. The number of benzene rings is 1. The van der Waals surface area contributed by atoms with Gasteiger partial charge in [0.15, 0.2) is 0 Å². The van der Waals surface area contributed by atoms with Gasteiger partial charge in [-0.2, -0.15) is 0 Å². The second-order valence-corrected chi connectivity index (χ2v) is 5.58. The number of nitrogens with zero attached hydrogens (tertiary/aromatic N) is 1. The molecule has 1 aromatic rings. The standard InChI is InChI=1S/C16H24N2O2/c1-4-13-9-14(17-16(19)20-3)11-18(10-13)15-7-5-12(2)6-8-15/h5-8,13-14H,4,9-11H2,1-3H3,(H,17,19). The summed E-state index contributed by atoms with van der Waals surface area (Å²) in [5.41, 5.74) is 2.49. The molecule has 0 spiro atoms. The molecule has 4 heteroatoms. The van der Waals surface area contributed by atoms with E-state index in [9.17, 15) is 4.79 Å². The zero-order valence-electron chi connectivity index (χ0n) is 12.6. The number of hydrogen-bond acceptors (Lipinski definition) is 3. The third-order valence-corrected chi connectivity index (χ3v) is 4.02. The van der Waals surface area contributed by atoms with E-state index in [1.165, 1.54) is 18.4 Å². The van der Waals surface area contributed by atoms with Gasteiger partial charge in [-0.15, -0.1) is 0 Å². The molecule has 1 fully saturated rings. The highest BCUT2D eigenvalue weighted by molar-refractivity contribution is 5.67. The van der Waals surface area contributed by atoms with Gasteiger partial charge in [-0.3, -0.25) is 0 Å². The van der Waals surface area contributed by atoms with E-state index >= 15 is 0 Å². The number of rotatable bonds is 3. The molecule has 1 aromatic carbocycles. The van der Waals surface area contributed by atoms with Crippen molar-refractivity contribution in [2.24, 2.45) is 5.92 Å². The van der Waals surface area contributed by atoms with E-state index < -0.39 is 0 Å². The van der Waals surface area contributed by atoms with Crippen LogP contribution >= 0.6 is 0 Å². The van der Waals surface area contributed by atoms with Crippen molar-refractivity contribution in [3.63, 3.8) is 0 Å². The van der Waals surface area contributed by atoms with Gasteiger partial charge in [-0.05, 0) is 31.4 Å². The summed E-state index contributed by atoms with van der Waals surface area (Å²) in [6.45, 7) is 6.20. The van der Waals surface area contributed by atoms with Gasteiger partial charge in [-0.25, -0.2) is 4.79 Å². The third-order valence-electron chi connectivity index (χ3n) is 4.02. The summed E-state index contributed by atoms with van der Waals surface area (Å²) in [6.07, 6.45) is 1.81. The van der Waals surface area contributed by atoms with Crippen molar-refractivity contribution in [3.8, 4) is 0 Å². The average molecular weight is 276 g/mol. The number of carbonyl (C=O) groups is 1. The summed E-state index contributed by atoms with van der Waals surface area (Å²) >= 11 is 0. The molecule has 0 aromatic heterocycles. The van der Waals surface area contributed by atoms with Gasteiger partial charge in [0.05, 0.1) is 7.11 Å². The van der Waals surface area contributed by atoms with Crippen LogP contribution in [0.15, 0.2) is 24.3 Å². The first-order valence-corrected chi connectivity index (χ1v) is 7.28. The summed E-state index contributed by atoms with van der Waals surface area (Å²) < 4.78 is 4.71. The Labute approximate surface area is 121 Å². The van der Waals surface area contributed by atoms with Crippen molar-refractivity contribution in [1.29, 1.82) is 0 Å². The van der Waals surface area contributed by atoms with Crippen LogP contribution in [0.25, 0.3) is 0 Å². The van der Waals surface area contributed by atoms with Crippen molar-refractivity contribution in [2.45, 2.75) is 32.7 Å². The molecule has 1 heterocycles. The molecule has 1 aliphatic heterocycles. The second kappa shape index (κ2) is 6.64. The van der Waals surface area contributed by atoms with Crippen LogP contribution in [0.4, 0.5) is 10.5 Å². The highest BCUT2D eigenvalue weighted by Gasteiger charge is 2.27. The van der Waals surface area contributed by atoms with E-state index in [4.69, 9.17) is 4.74 Å². The number of ether oxygens (including phenoxy) is 1. The summed E-state index contributed by atoms with van der Waals surface area (Å²) in [6, 6.07) is 8.73. The van der Waals surface area contributed by atoms with Crippen molar-refractivity contribution < 1.29 is 9.53 Å². The first kappa shape index (κ1) is 14.7. The van der Waals surface area contributed by atoms with Crippen LogP contribution in [-0.2, 0) is 4.74 Å². The normalized spacial score (nSPS) is 22.4. The van der Waals surface area contributed by atoms with E-state index in [2.05, 4.69) is 48.3 Å². The SMILES string of the molecule is CCC1CC(NC(=O)OC)CN(c2ccc(C)cc2)C1. The van der Waals surface area contributed by atoms with Crippen LogP contribution in [0.3, 0.4) is 0 Å². The van der Waals surface area contributed by atoms with Crippen LogP contribution in [-0.4, -0.2) is 32.3 Å². The van der Waals surface area contributed by atoms with E-state index in [0.29, 0.717) is 5.92 Å². The number of nitrogens with one attached hydrogen (secondary N) is 1. The van der Waals surface area contributed by atoms with E-state index in [0.717, 1.165) is 25.9 Å². The lowest BCUT2D eigenvalue weighted by molar-refractivity contribution is 0.162. The number of anilines is 1. The predicted octanol–water partition coefficient (Wildman–Crippen LogP) is 2.96. The first-order valence-electron chi connectivity index (χ1n) is 7.28. The molecule has 0 radical (unpaired) electrons. The molecule has 1 amide bonds. The first-order chi connectivity index (χ1) is 9.62. The van der Waals surface area contributed by atoms with Gasteiger partial charge >= 0.3 is 6.09 Å². The van der Waals surface area contributed by atoms with Gasteiger partial charge < -0.3 is 15.0 Å². The maximum Gasteiger partial charge on any atom is 0.407 e. The topological polar surface area (TPSA) is 41.6 Å². The van der Waals surface area contributed by atoms with Crippen LogP contribution in [0.5, 0.6) is 0 Å². The number of aryl methyl sites for hydroxylation is 1. The Bertz CT molecular complexity index is 444. The van der Waals surface area contributed by atoms with Crippen molar-refractivity contribution in [2.75, 3.05) is 25.1 Å². The van der Waals surface area contributed by atoms with Crippen LogP contribution in [0.2, 0.25) is 0 Å². The molecule has 110 valence electrons. The van der Waals surface area contributed by atoms with Crippen molar-refractivity contribution in [3.05, 3.63) is 29.8 Å². The molecule has 4 nitrogen and oxygen atoms in total. The van der Waals surface area contributed by atoms with Gasteiger partial charge in [0.25, 0.3) is 0 Å². The minimum Gasteiger partial charge on any atom is -0.453 e. The summed E-state index contributed by atoms with van der Waals surface area (Å²) in [7, 11) is 1.41. The monoisotopic (exact) mass is 276 g/mol. The molecule has 1 aliphatic rings. The zero-order valence-corrected chi connectivity index (χ0v) is 12.6. The largest absolute Gasteiger partial charge is 0.453 e. The van der Waals surface area contributed by atoms with Crippen LogP contribution in [0.1, 0.15) is 25.3 Å². The number of piperidine rings is 1. The minimum atomic E-state index is -0.337. The molecule has 0 saturated carbocycles. The highest BCUT2D eigenvalue weighted by Crippen LogP contribution is 2.25. The maximum atomic E-state index is 11.4. The number of alkyl carbamates (subject to hydrolysis) is 1.